The number of hydrogen-bond acceptors (Lipinski definition) is 0. The van der Waals surface area contributed by atoms with Crippen LogP contribution in [0.25, 0.3) is 0 Å². The summed E-state index contributed by atoms with van der Waals surface area (Å²) in [6.07, 6.45) is 1.19. The monoisotopic (exact) mass is 292 g/mol. The Balaban J connectivity index is 2.83. The Morgan fingerprint density at radius 2 is 1.86 bits per heavy atom. The standard InChI is InChI=1S/C4H7Br3/c5-2-1-4(7)3-6/h4H,1-3H2/t4-/m0/s1. The molecule has 0 aliphatic heterocycles. The summed E-state index contributed by atoms with van der Waals surface area (Å²) in [5.74, 6) is 0. The van der Waals surface area contributed by atoms with Gasteiger partial charge in [-0.3, -0.25) is 0 Å². The molecule has 0 aliphatic carbocycles. The number of hydrogen-bond donors (Lipinski definition) is 0. The molecule has 0 amide bonds. The highest BCUT2D eigenvalue weighted by Gasteiger charge is 1.96. The summed E-state index contributed by atoms with van der Waals surface area (Å²) >= 11 is 10.1. The van der Waals surface area contributed by atoms with E-state index in [1.165, 1.54) is 6.42 Å². The van der Waals surface area contributed by atoms with Crippen molar-refractivity contribution < 1.29 is 0 Å². The predicted molar refractivity (Wildman–Crippen MR) is 44.9 cm³/mol. The molecule has 0 radical (unpaired) electrons. The van der Waals surface area contributed by atoms with Crippen LogP contribution in [0.5, 0.6) is 0 Å². The summed E-state index contributed by atoms with van der Waals surface area (Å²) < 4.78 is 0. The molecule has 0 rings (SSSR count). The lowest BCUT2D eigenvalue weighted by Gasteiger charge is -1.98. The van der Waals surface area contributed by atoms with Gasteiger partial charge < -0.3 is 0 Å². The summed E-state index contributed by atoms with van der Waals surface area (Å²) in [6.45, 7) is 0. The van der Waals surface area contributed by atoms with Crippen LogP contribution in [0.15, 0.2) is 0 Å². The third-order valence-electron chi connectivity index (χ3n) is 0.590. The van der Waals surface area contributed by atoms with Crippen LogP contribution in [-0.4, -0.2) is 15.5 Å². The molecule has 0 aromatic carbocycles. The number of rotatable bonds is 3. The molecular formula is C4H7Br3. The van der Waals surface area contributed by atoms with Crippen LogP contribution in [0.2, 0.25) is 0 Å². The molecule has 0 aliphatic rings. The van der Waals surface area contributed by atoms with Gasteiger partial charge in [0.2, 0.25) is 0 Å². The van der Waals surface area contributed by atoms with Crippen LogP contribution in [-0.2, 0) is 0 Å². The van der Waals surface area contributed by atoms with Crippen LogP contribution in [0.4, 0.5) is 0 Å². The second kappa shape index (κ2) is 5.57. The highest BCUT2D eigenvalue weighted by molar-refractivity contribution is 9.12. The lowest BCUT2D eigenvalue weighted by atomic mass is 10.4. The molecule has 0 aromatic heterocycles. The van der Waals surface area contributed by atoms with Gasteiger partial charge in [-0.2, -0.15) is 0 Å². The molecule has 0 N–H and O–H groups in total. The molecule has 0 unspecified atom stereocenters. The zero-order valence-electron chi connectivity index (χ0n) is 3.83. The predicted octanol–water partition coefficient (Wildman–Crippen LogP) is 2.93. The van der Waals surface area contributed by atoms with E-state index in [-0.39, 0.29) is 0 Å². The van der Waals surface area contributed by atoms with E-state index in [0.717, 1.165) is 10.7 Å². The molecule has 0 saturated carbocycles. The van der Waals surface area contributed by atoms with Crippen LogP contribution in [0.3, 0.4) is 0 Å². The summed E-state index contributed by atoms with van der Waals surface area (Å²) in [6, 6.07) is 0. The fourth-order valence-corrected chi connectivity index (χ4v) is 1.92. The van der Waals surface area contributed by atoms with Gasteiger partial charge in [0.15, 0.2) is 0 Å². The maximum atomic E-state index is 3.46. The Hall–Kier alpha value is 1.44. The molecule has 0 aromatic rings. The van der Waals surface area contributed by atoms with Crippen molar-refractivity contribution in [2.24, 2.45) is 0 Å². The van der Waals surface area contributed by atoms with Crippen molar-refractivity contribution in [3.63, 3.8) is 0 Å². The van der Waals surface area contributed by atoms with E-state index in [4.69, 9.17) is 0 Å². The Kier molecular flexibility index (Phi) is 6.72. The van der Waals surface area contributed by atoms with Crippen LogP contribution in [0.1, 0.15) is 6.42 Å². The number of alkyl halides is 3. The minimum Gasteiger partial charge on any atom is -0.0928 e. The molecule has 0 fully saturated rings. The lowest BCUT2D eigenvalue weighted by Crippen LogP contribution is -1.97. The van der Waals surface area contributed by atoms with E-state index >= 15 is 0 Å². The van der Waals surface area contributed by atoms with E-state index < -0.39 is 0 Å². The first kappa shape index (κ1) is 8.44. The molecular weight excluding hydrogens is 288 g/mol. The third kappa shape index (κ3) is 5.31. The largest absolute Gasteiger partial charge is 0.0928 e. The fraction of sp³-hybridized carbons (Fsp3) is 1.00. The molecule has 1 atom stereocenters. The van der Waals surface area contributed by atoms with Gasteiger partial charge in [0, 0.05) is 15.5 Å². The normalized spacial score (nSPS) is 14.1. The SMILES string of the molecule is BrCC[C@H](Br)CBr. The second-order valence-corrected chi connectivity index (χ2v) is 3.96. The molecule has 0 saturated heterocycles. The van der Waals surface area contributed by atoms with Crippen LogP contribution >= 0.6 is 47.8 Å². The average Bonchev–Trinajstić information content (AvgIpc) is 1.68. The Bertz CT molecular complexity index is 37.9. The van der Waals surface area contributed by atoms with Crippen molar-refractivity contribution in [3.05, 3.63) is 0 Å². The summed E-state index contributed by atoms with van der Waals surface area (Å²) in [7, 11) is 0. The molecule has 3 heteroatoms. The van der Waals surface area contributed by atoms with Gasteiger partial charge in [-0.1, -0.05) is 47.8 Å². The van der Waals surface area contributed by atoms with E-state index in [1.807, 2.05) is 0 Å². The topological polar surface area (TPSA) is 0 Å². The van der Waals surface area contributed by atoms with Crippen molar-refractivity contribution >= 4 is 47.8 Å². The van der Waals surface area contributed by atoms with Gasteiger partial charge in [0.1, 0.15) is 0 Å². The van der Waals surface area contributed by atoms with Gasteiger partial charge in [-0.05, 0) is 6.42 Å². The number of halogens is 3. The summed E-state index contributed by atoms with van der Waals surface area (Å²) in [4.78, 5) is 0.631. The smallest absolute Gasteiger partial charge is 0.0250 e. The van der Waals surface area contributed by atoms with Crippen LogP contribution in [0, 0.1) is 0 Å². The highest BCUT2D eigenvalue weighted by atomic mass is 79.9. The Morgan fingerprint density at radius 1 is 1.29 bits per heavy atom. The molecule has 0 spiro atoms. The van der Waals surface area contributed by atoms with E-state index in [0.29, 0.717) is 4.83 Å². The van der Waals surface area contributed by atoms with E-state index in [2.05, 4.69) is 47.8 Å². The first-order chi connectivity index (χ1) is 3.31. The van der Waals surface area contributed by atoms with Crippen molar-refractivity contribution in [2.45, 2.75) is 11.2 Å². The highest BCUT2D eigenvalue weighted by Crippen LogP contribution is 2.08. The Labute approximate surface area is 69.4 Å². The zero-order chi connectivity index (χ0) is 5.70. The van der Waals surface area contributed by atoms with E-state index in [9.17, 15) is 0 Å². The molecule has 0 nitrogen and oxygen atoms in total. The second-order valence-electron chi connectivity index (χ2n) is 1.23. The minimum atomic E-state index is 0.631. The van der Waals surface area contributed by atoms with Crippen molar-refractivity contribution in [2.75, 3.05) is 10.7 Å². The van der Waals surface area contributed by atoms with Crippen molar-refractivity contribution in [1.82, 2.24) is 0 Å². The molecule has 7 heavy (non-hydrogen) atoms. The Morgan fingerprint density at radius 3 is 2.00 bits per heavy atom. The average molecular weight is 295 g/mol. The van der Waals surface area contributed by atoms with Gasteiger partial charge in [0.05, 0.1) is 0 Å². The maximum absolute atomic E-state index is 3.46. The zero-order valence-corrected chi connectivity index (χ0v) is 8.59. The lowest BCUT2D eigenvalue weighted by molar-refractivity contribution is 0.956. The van der Waals surface area contributed by atoms with Gasteiger partial charge in [-0.25, -0.2) is 0 Å². The molecule has 0 heterocycles. The van der Waals surface area contributed by atoms with Crippen molar-refractivity contribution in [1.29, 1.82) is 0 Å². The van der Waals surface area contributed by atoms with Gasteiger partial charge in [0.25, 0.3) is 0 Å². The summed E-state index contributed by atoms with van der Waals surface area (Å²) in [5, 5.41) is 2.12. The maximum Gasteiger partial charge on any atom is 0.0250 e. The first-order valence-corrected chi connectivity index (χ1v) is 5.23. The van der Waals surface area contributed by atoms with Crippen molar-refractivity contribution in [3.8, 4) is 0 Å². The fourth-order valence-electron chi connectivity index (χ4n) is 0.196. The van der Waals surface area contributed by atoms with E-state index in [1.54, 1.807) is 0 Å². The quantitative estimate of drug-likeness (QED) is 0.702. The first-order valence-electron chi connectivity index (χ1n) is 2.07. The molecule has 44 valence electrons. The third-order valence-corrected chi connectivity index (χ3v) is 3.48. The van der Waals surface area contributed by atoms with Gasteiger partial charge >= 0.3 is 0 Å². The minimum absolute atomic E-state index is 0.631. The summed E-state index contributed by atoms with van der Waals surface area (Å²) in [5.41, 5.74) is 0. The van der Waals surface area contributed by atoms with Crippen LogP contribution < -0.4 is 0 Å². The van der Waals surface area contributed by atoms with Gasteiger partial charge in [-0.15, -0.1) is 0 Å². The molecule has 0 bridgehead atoms.